The minimum atomic E-state index is -0.0366. The summed E-state index contributed by atoms with van der Waals surface area (Å²) in [6.07, 6.45) is 11.9. The van der Waals surface area contributed by atoms with E-state index in [9.17, 15) is 4.79 Å². The van der Waals surface area contributed by atoms with Gasteiger partial charge in [0.05, 0.1) is 5.41 Å². The number of hydrogen-bond donors (Lipinski definition) is 0. The average Bonchev–Trinajstić information content (AvgIpc) is 3.09. The molecular weight excluding hydrogens is 373 g/mol. The summed E-state index contributed by atoms with van der Waals surface area (Å²) in [6, 6.07) is 0. The molecule has 0 aromatic rings. The van der Waals surface area contributed by atoms with Crippen molar-refractivity contribution in [1.29, 1.82) is 0 Å². The van der Waals surface area contributed by atoms with Gasteiger partial charge in [0.1, 0.15) is 6.10 Å². The maximum Gasteiger partial charge on any atom is 0.312 e. The number of carbonyl (C=O) groups is 1. The van der Waals surface area contributed by atoms with Gasteiger partial charge in [0.2, 0.25) is 0 Å². The molecule has 1 spiro atoms. The molecule has 1 heterocycles. The van der Waals surface area contributed by atoms with Crippen molar-refractivity contribution in [2.24, 2.45) is 28.6 Å². The second kappa shape index (κ2) is 6.80. The van der Waals surface area contributed by atoms with Crippen molar-refractivity contribution in [2.75, 3.05) is 0 Å². The number of fused-ring (bicyclic) bond motifs is 1. The Labute approximate surface area is 172 Å². The minimum Gasteiger partial charge on any atom is -0.514 e. The Bertz CT molecular complexity index is 524. The number of carbonyl (C=O) groups excluding carboxylic acids is 1. The van der Waals surface area contributed by atoms with Crippen LogP contribution >= 0.6 is 0 Å². The van der Waals surface area contributed by atoms with E-state index >= 15 is 0 Å². The van der Waals surface area contributed by atoms with Crippen LogP contribution in [0.5, 0.6) is 0 Å². The van der Waals surface area contributed by atoms with E-state index in [1.54, 1.807) is 0 Å². The van der Waals surface area contributed by atoms with E-state index in [1.807, 2.05) is 0 Å². The number of esters is 1. The average molecular weight is 404 g/mol. The fraction of sp³-hybridized carbons (Fsp3) is 0.857. The Morgan fingerprint density at radius 2 is 2.04 bits per heavy atom. The van der Waals surface area contributed by atoms with Gasteiger partial charge in [-0.3, -0.25) is 10.4 Å². The first-order valence-corrected chi connectivity index (χ1v) is 9.77. The molecule has 3 unspecified atom stereocenters. The zero-order chi connectivity index (χ0) is 16.2. The number of allylic oxidation sites excluding steroid dienone is 1. The normalized spacial score (nSPS) is 40.8. The van der Waals surface area contributed by atoms with Crippen LogP contribution in [0.1, 0.15) is 78.1 Å². The van der Waals surface area contributed by atoms with Crippen molar-refractivity contribution in [3.05, 3.63) is 12.2 Å². The molecule has 0 N–H and O–H groups in total. The Morgan fingerprint density at radius 1 is 1.29 bits per heavy atom. The second-order valence-corrected chi connectivity index (χ2v) is 9.24. The summed E-state index contributed by atoms with van der Waals surface area (Å²) in [5.74, 6) is 2.25. The maximum absolute atomic E-state index is 11.9. The van der Waals surface area contributed by atoms with Gasteiger partial charge in [-0.1, -0.05) is 26.7 Å². The van der Waals surface area contributed by atoms with Crippen molar-refractivity contribution in [1.82, 2.24) is 0 Å². The van der Waals surface area contributed by atoms with E-state index in [0.29, 0.717) is 17.3 Å². The zero-order valence-electron chi connectivity index (χ0n) is 15.4. The summed E-state index contributed by atoms with van der Waals surface area (Å²) in [5.41, 5.74) is 1.66. The molecule has 3 heteroatoms. The van der Waals surface area contributed by atoms with Gasteiger partial charge in [0.25, 0.3) is 0 Å². The van der Waals surface area contributed by atoms with Gasteiger partial charge in [-0.05, 0) is 68.1 Å². The third-order valence-corrected chi connectivity index (χ3v) is 7.85. The summed E-state index contributed by atoms with van der Waals surface area (Å²) in [6.45, 7) is 11.3. The topological polar surface area (TPSA) is 26.3 Å². The van der Waals surface area contributed by atoms with E-state index in [1.165, 1.54) is 37.7 Å². The van der Waals surface area contributed by atoms with Crippen LogP contribution < -0.4 is 0 Å². The van der Waals surface area contributed by atoms with Crippen molar-refractivity contribution in [3.8, 4) is 0 Å². The summed E-state index contributed by atoms with van der Waals surface area (Å²) in [4.78, 5) is 11.9. The summed E-state index contributed by atoms with van der Waals surface area (Å²) in [5, 5.41) is 0. The Hall–Kier alpha value is 0.314. The maximum atomic E-state index is 11.9. The molecule has 0 bridgehead atoms. The minimum absolute atomic E-state index is 0. The number of cyclic esters (lactones) is 1. The molecule has 3 saturated carbocycles. The second-order valence-electron chi connectivity index (χ2n) is 9.24. The SMILES string of the molecule is [CH-]=C1CCC[C@@]2(C)C1CC[C@@H]2C(C)CCC1CC2(CC2)C(=O)O1.[Y]. The first-order valence-electron chi connectivity index (χ1n) is 9.77. The van der Waals surface area contributed by atoms with E-state index in [0.717, 1.165) is 38.0 Å². The van der Waals surface area contributed by atoms with Gasteiger partial charge in [0.15, 0.2) is 0 Å². The van der Waals surface area contributed by atoms with Crippen LogP contribution in [-0.4, -0.2) is 12.1 Å². The zero-order valence-corrected chi connectivity index (χ0v) is 18.2. The largest absolute Gasteiger partial charge is 0.514 e. The molecule has 131 valence electrons. The first kappa shape index (κ1) is 19.1. The van der Waals surface area contributed by atoms with E-state index in [-0.39, 0.29) is 50.2 Å². The van der Waals surface area contributed by atoms with Crippen LogP contribution in [0.25, 0.3) is 0 Å². The van der Waals surface area contributed by atoms with Gasteiger partial charge >= 0.3 is 5.97 Å². The van der Waals surface area contributed by atoms with Gasteiger partial charge in [0, 0.05) is 39.1 Å². The molecule has 0 amide bonds. The summed E-state index contributed by atoms with van der Waals surface area (Å²) in [7, 11) is 0. The molecular formula is C21H31O2Y-. The first-order chi connectivity index (χ1) is 10.9. The molecule has 0 aromatic carbocycles. The Morgan fingerprint density at radius 3 is 2.71 bits per heavy atom. The fourth-order valence-corrected chi connectivity index (χ4v) is 6.22. The summed E-state index contributed by atoms with van der Waals surface area (Å²) < 4.78 is 5.64. The molecule has 0 aromatic heterocycles. The van der Waals surface area contributed by atoms with Crippen LogP contribution in [-0.2, 0) is 42.2 Å². The quantitative estimate of drug-likeness (QED) is 0.483. The molecule has 1 saturated heterocycles. The monoisotopic (exact) mass is 404 g/mol. The van der Waals surface area contributed by atoms with Crippen LogP contribution in [0.2, 0.25) is 0 Å². The van der Waals surface area contributed by atoms with Crippen molar-refractivity contribution < 1.29 is 42.2 Å². The fourth-order valence-electron chi connectivity index (χ4n) is 6.22. The van der Waals surface area contributed by atoms with E-state index < -0.39 is 0 Å². The molecule has 3 aliphatic carbocycles. The van der Waals surface area contributed by atoms with Gasteiger partial charge in [-0.2, -0.15) is 0 Å². The van der Waals surface area contributed by atoms with Crippen molar-refractivity contribution in [2.45, 2.75) is 84.2 Å². The standard InChI is InChI=1S/C21H31O2.Y/c1-14-5-4-10-20(3)17(14)8-9-18(20)15(2)6-7-16-13-21(11-12-21)19(22)23-16;/h1,15-18H,4-13H2,2-3H3;/q-1;/t15?,16?,17?,18-,20+;/m1./s1. The van der Waals surface area contributed by atoms with Gasteiger partial charge < -0.3 is 11.3 Å². The summed E-state index contributed by atoms with van der Waals surface area (Å²) >= 11 is 0. The Balaban J connectivity index is 0.00000169. The van der Waals surface area contributed by atoms with Crippen LogP contribution in [0.15, 0.2) is 5.57 Å². The molecule has 1 radical (unpaired) electrons. The van der Waals surface area contributed by atoms with Gasteiger partial charge in [-0.15, -0.1) is 0 Å². The van der Waals surface area contributed by atoms with E-state index in [4.69, 9.17) is 11.3 Å². The smallest absolute Gasteiger partial charge is 0.312 e. The van der Waals surface area contributed by atoms with Crippen molar-refractivity contribution in [3.63, 3.8) is 0 Å². The number of ether oxygens (including phenoxy) is 1. The van der Waals surface area contributed by atoms with Crippen LogP contribution in [0.3, 0.4) is 0 Å². The molecule has 4 aliphatic rings. The molecule has 24 heavy (non-hydrogen) atoms. The van der Waals surface area contributed by atoms with Gasteiger partial charge in [-0.25, -0.2) is 0 Å². The molecule has 4 rings (SSSR count). The van der Waals surface area contributed by atoms with Crippen LogP contribution in [0.4, 0.5) is 0 Å². The third kappa shape index (κ3) is 3.09. The Kier molecular flexibility index (Phi) is 5.41. The molecule has 5 atom stereocenters. The molecule has 1 aliphatic heterocycles. The number of hydrogen-bond acceptors (Lipinski definition) is 2. The van der Waals surface area contributed by atoms with Crippen LogP contribution in [0, 0.1) is 35.2 Å². The third-order valence-electron chi connectivity index (χ3n) is 7.85. The van der Waals surface area contributed by atoms with E-state index in [2.05, 4.69) is 13.8 Å². The predicted molar refractivity (Wildman–Crippen MR) is 90.5 cm³/mol. The van der Waals surface area contributed by atoms with Crippen molar-refractivity contribution >= 4 is 5.97 Å². The predicted octanol–water partition coefficient (Wildman–Crippen LogP) is 5.07. The molecule has 4 fully saturated rings. The number of rotatable bonds is 4. The molecule has 2 nitrogen and oxygen atoms in total.